The van der Waals surface area contributed by atoms with Crippen molar-refractivity contribution in [2.24, 2.45) is 0 Å². The number of rotatable bonds is 4. The first-order valence-electron chi connectivity index (χ1n) is 5.22. The van der Waals surface area contributed by atoms with Crippen LogP contribution in [0.25, 0.3) is 0 Å². The third-order valence-corrected chi connectivity index (χ3v) is 2.59. The third kappa shape index (κ3) is 3.56. The Morgan fingerprint density at radius 3 is 2.40 bits per heavy atom. The molecule has 0 radical (unpaired) electrons. The van der Waals surface area contributed by atoms with Crippen LogP contribution in [-0.2, 0) is 4.79 Å². The molecule has 0 aliphatic heterocycles. The van der Waals surface area contributed by atoms with Gasteiger partial charge in [-0.15, -0.1) is 0 Å². The van der Waals surface area contributed by atoms with Crippen molar-refractivity contribution in [3.05, 3.63) is 34.9 Å². The summed E-state index contributed by atoms with van der Waals surface area (Å²) in [5, 5.41) is 3.69. The molecule has 1 amide bonds. The lowest BCUT2D eigenvalue weighted by molar-refractivity contribution is -0.121. The van der Waals surface area contributed by atoms with Gasteiger partial charge in [0.25, 0.3) is 0 Å². The van der Waals surface area contributed by atoms with Gasteiger partial charge in [-0.1, -0.05) is 37.6 Å². The standard InChI is InChI=1S/C12H16ClNO/c1-3-11(14-12(15)4-2)9-5-7-10(13)8-6-9/h5-8,11H,3-4H2,1-2H3,(H,14,15). The maximum absolute atomic E-state index is 11.3. The summed E-state index contributed by atoms with van der Waals surface area (Å²) in [5.41, 5.74) is 1.10. The molecule has 1 aromatic rings. The summed E-state index contributed by atoms with van der Waals surface area (Å²) in [4.78, 5) is 11.3. The molecule has 0 aliphatic rings. The predicted octanol–water partition coefficient (Wildman–Crippen LogP) is 3.32. The van der Waals surface area contributed by atoms with Crippen LogP contribution in [0.2, 0.25) is 5.02 Å². The van der Waals surface area contributed by atoms with Crippen LogP contribution < -0.4 is 5.32 Å². The van der Waals surface area contributed by atoms with E-state index in [0.29, 0.717) is 6.42 Å². The molecule has 1 atom stereocenters. The zero-order valence-electron chi connectivity index (χ0n) is 9.09. The Labute approximate surface area is 95.6 Å². The first-order chi connectivity index (χ1) is 7.17. The van der Waals surface area contributed by atoms with Crippen molar-refractivity contribution in [2.75, 3.05) is 0 Å². The molecule has 3 heteroatoms. The number of amides is 1. The van der Waals surface area contributed by atoms with Crippen LogP contribution in [0, 0.1) is 0 Å². The van der Waals surface area contributed by atoms with Crippen LogP contribution in [0.5, 0.6) is 0 Å². The van der Waals surface area contributed by atoms with Crippen molar-refractivity contribution >= 4 is 17.5 Å². The van der Waals surface area contributed by atoms with Crippen molar-refractivity contribution < 1.29 is 4.79 Å². The lowest BCUT2D eigenvalue weighted by Gasteiger charge is -2.16. The number of hydrogen-bond acceptors (Lipinski definition) is 1. The van der Waals surface area contributed by atoms with E-state index in [0.717, 1.165) is 17.0 Å². The smallest absolute Gasteiger partial charge is 0.220 e. The van der Waals surface area contributed by atoms with Gasteiger partial charge in [0.05, 0.1) is 6.04 Å². The topological polar surface area (TPSA) is 29.1 Å². The highest BCUT2D eigenvalue weighted by atomic mass is 35.5. The summed E-state index contributed by atoms with van der Waals surface area (Å²) >= 11 is 5.81. The average molecular weight is 226 g/mol. The predicted molar refractivity (Wildman–Crippen MR) is 62.9 cm³/mol. The van der Waals surface area contributed by atoms with E-state index in [2.05, 4.69) is 12.2 Å². The summed E-state index contributed by atoms with van der Waals surface area (Å²) in [6.07, 6.45) is 1.40. The SMILES string of the molecule is CCC(=O)NC(CC)c1ccc(Cl)cc1. The van der Waals surface area contributed by atoms with Crippen LogP contribution in [0.4, 0.5) is 0 Å². The fourth-order valence-electron chi connectivity index (χ4n) is 1.41. The lowest BCUT2D eigenvalue weighted by Crippen LogP contribution is -2.27. The minimum Gasteiger partial charge on any atom is -0.349 e. The molecule has 0 aromatic heterocycles. The van der Waals surface area contributed by atoms with Gasteiger partial charge in [0.1, 0.15) is 0 Å². The number of carbonyl (C=O) groups excluding carboxylic acids is 1. The molecule has 1 rings (SSSR count). The highest BCUT2D eigenvalue weighted by Crippen LogP contribution is 2.19. The molecule has 0 fully saturated rings. The molecule has 2 nitrogen and oxygen atoms in total. The maximum atomic E-state index is 11.3. The number of hydrogen-bond donors (Lipinski definition) is 1. The first-order valence-corrected chi connectivity index (χ1v) is 5.60. The first kappa shape index (κ1) is 12.1. The van der Waals surface area contributed by atoms with Crippen molar-refractivity contribution in [3.8, 4) is 0 Å². The fraction of sp³-hybridized carbons (Fsp3) is 0.417. The van der Waals surface area contributed by atoms with Crippen LogP contribution in [0.15, 0.2) is 24.3 Å². The molecule has 15 heavy (non-hydrogen) atoms. The Balaban J connectivity index is 2.74. The second kappa shape index (κ2) is 5.76. The van der Waals surface area contributed by atoms with Gasteiger partial charge in [-0.2, -0.15) is 0 Å². The molecule has 82 valence electrons. The maximum Gasteiger partial charge on any atom is 0.220 e. The largest absolute Gasteiger partial charge is 0.349 e. The Morgan fingerprint density at radius 1 is 1.33 bits per heavy atom. The molecule has 0 bridgehead atoms. The zero-order valence-corrected chi connectivity index (χ0v) is 9.84. The van der Waals surface area contributed by atoms with Gasteiger partial charge in [-0.25, -0.2) is 0 Å². The van der Waals surface area contributed by atoms with Crippen LogP contribution >= 0.6 is 11.6 Å². The number of carbonyl (C=O) groups is 1. The Hall–Kier alpha value is -1.02. The summed E-state index contributed by atoms with van der Waals surface area (Å²) in [7, 11) is 0. The molecular formula is C12H16ClNO. The Morgan fingerprint density at radius 2 is 1.93 bits per heavy atom. The van der Waals surface area contributed by atoms with Gasteiger partial charge in [-0.05, 0) is 24.1 Å². The zero-order chi connectivity index (χ0) is 11.3. The van der Waals surface area contributed by atoms with Gasteiger partial charge in [0.15, 0.2) is 0 Å². The van der Waals surface area contributed by atoms with E-state index in [-0.39, 0.29) is 11.9 Å². The molecule has 1 unspecified atom stereocenters. The van der Waals surface area contributed by atoms with Crippen LogP contribution in [0.3, 0.4) is 0 Å². The van der Waals surface area contributed by atoms with E-state index in [4.69, 9.17) is 11.6 Å². The summed E-state index contributed by atoms with van der Waals surface area (Å²) in [5.74, 6) is 0.0804. The number of halogens is 1. The van der Waals surface area contributed by atoms with E-state index in [1.54, 1.807) is 0 Å². The Bertz CT molecular complexity index is 321. The molecule has 0 heterocycles. The van der Waals surface area contributed by atoms with Crippen molar-refractivity contribution in [1.82, 2.24) is 5.32 Å². The summed E-state index contributed by atoms with van der Waals surface area (Å²) in [6.45, 7) is 3.90. The molecule has 1 N–H and O–H groups in total. The van der Waals surface area contributed by atoms with E-state index in [1.165, 1.54) is 0 Å². The average Bonchev–Trinajstić information content (AvgIpc) is 2.27. The van der Waals surface area contributed by atoms with Gasteiger partial charge < -0.3 is 5.32 Å². The van der Waals surface area contributed by atoms with Crippen LogP contribution in [0.1, 0.15) is 38.3 Å². The van der Waals surface area contributed by atoms with Gasteiger partial charge in [0, 0.05) is 11.4 Å². The summed E-state index contributed by atoms with van der Waals surface area (Å²) < 4.78 is 0. The fourth-order valence-corrected chi connectivity index (χ4v) is 1.54. The molecular weight excluding hydrogens is 210 g/mol. The highest BCUT2D eigenvalue weighted by molar-refractivity contribution is 6.30. The molecule has 0 spiro atoms. The van der Waals surface area contributed by atoms with E-state index < -0.39 is 0 Å². The normalized spacial score (nSPS) is 12.2. The minimum absolute atomic E-state index is 0.0804. The minimum atomic E-state index is 0.0804. The second-order valence-electron chi connectivity index (χ2n) is 3.43. The van der Waals surface area contributed by atoms with E-state index >= 15 is 0 Å². The summed E-state index contributed by atoms with van der Waals surface area (Å²) in [6, 6.07) is 7.68. The van der Waals surface area contributed by atoms with Gasteiger partial charge in [-0.3, -0.25) is 4.79 Å². The van der Waals surface area contributed by atoms with Crippen molar-refractivity contribution in [2.45, 2.75) is 32.7 Å². The second-order valence-corrected chi connectivity index (χ2v) is 3.87. The Kier molecular flexibility index (Phi) is 4.63. The number of nitrogens with one attached hydrogen (secondary N) is 1. The molecule has 0 saturated heterocycles. The third-order valence-electron chi connectivity index (χ3n) is 2.34. The highest BCUT2D eigenvalue weighted by Gasteiger charge is 2.10. The molecule has 1 aromatic carbocycles. The van der Waals surface area contributed by atoms with E-state index in [1.807, 2.05) is 31.2 Å². The molecule has 0 aliphatic carbocycles. The van der Waals surface area contributed by atoms with Crippen molar-refractivity contribution in [1.29, 1.82) is 0 Å². The van der Waals surface area contributed by atoms with Crippen molar-refractivity contribution in [3.63, 3.8) is 0 Å². The van der Waals surface area contributed by atoms with Crippen LogP contribution in [-0.4, -0.2) is 5.91 Å². The monoisotopic (exact) mass is 225 g/mol. The van der Waals surface area contributed by atoms with Gasteiger partial charge in [0.2, 0.25) is 5.91 Å². The van der Waals surface area contributed by atoms with E-state index in [9.17, 15) is 4.79 Å². The molecule has 0 saturated carbocycles. The quantitative estimate of drug-likeness (QED) is 0.837. The number of benzene rings is 1. The van der Waals surface area contributed by atoms with Gasteiger partial charge >= 0.3 is 0 Å². The lowest BCUT2D eigenvalue weighted by atomic mass is 10.0.